The smallest absolute Gasteiger partial charge is 0.325 e. The zero-order valence-corrected chi connectivity index (χ0v) is 14.3. The quantitative estimate of drug-likeness (QED) is 0.475. The number of benzene rings is 2. The first-order valence-corrected chi connectivity index (χ1v) is 8.05. The van der Waals surface area contributed by atoms with Crippen LogP contribution < -0.4 is 10.6 Å². The number of nitrogens with one attached hydrogen (secondary N) is 2. The number of nitro benzene ring substituents is 1. The topological polar surface area (TPSA) is 122 Å². The first kappa shape index (κ1) is 18.1. The molecule has 2 aromatic carbocycles. The van der Waals surface area contributed by atoms with Gasteiger partial charge in [-0.3, -0.25) is 24.6 Å². The molecule has 1 heterocycles. The first-order chi connectivity index (χ1) is 12.8. The highest BCUT2D eigenvalue weighted by Gasteiger charge is 2.49. The minimum atomic E-state index is -1.24. The van der Waals surface area contributed by atoms with E-state index in [1.54, 1.807) is 37.3 Å². The highest BCUT2D eigenvalue weighted by molar-refractivity contribution is 6.10. The number of hydrogen-bond donors (Lipinski definition) is 2. The van der Waals surface area contributed by atoms with Gasteiger partial charge in [-0.05, 0) is 24.6 Å². The molecule has 9 heteroatoms. The van der Waals surface area contributed by atoms with Gasteiger partial charge in [0.1, 0.15) is 12.1 Å². The van der Waals surface area contributed by atoms with E-state index in [9.17, 15) is 24.5 Å². The molecule has 0 aromatic heterocycles. The summed E-state index contributed by atoms with van der Waals surface area (Å²) in [6.45, 7) is 1.11. The Morgan fingerprint density at radius 3 is 2.37 bits per heavy atom. The van der Waals surface area contributed by atoms with Crippen LogP contribution in [0, 0.1) is 10.1 Å². The number of urea groups is 1. The third-order valence-corrected chi connectivity index (χ3v) is 4.29. The van der Waals surface area contributed by atoms with Crippen LogP contribution in [-0.2, 0) is 15.1 Å². The van der Waals surface area contributed by atoms with Crippen LogP contribution in [0.15, 0.2) is 54.6 Å². The number of nitro groups is 1. The fourth-order valence-corrected chi connectivity index (χ4v) is 2.82. The molecular formula is C18H16N4O5. The second kappa shape index (κ2) is 6.87. The van der Waals surface area contributed by atoms with E-state index >= 15 is 0 Å². The molecule has 0 saturated carbocycles. The molecule has 2 aromatic rings. The normalized spacial score (nSPS) is 18.9. The zero-order valence-electron chi connectivity index (χ0n) is 14.3. The second-order valence-corrected chi connectivity index (χ2v) is 6.16. The van der Waals surface area contributed by atoms with Crippen LogP contribution in [0.3, 0.4) is 0 Å². The zero-order chi connectivity index (χ0) is 19.6. The van der Waals surface area contributed by atoms with Gasteiger partial charge in [-0.25, -0.2) is 4.79 Å². The van der Waals surface area contributed by atoms with Crippen LogP contribution in [0.1, 0.15) is 12.5 Å². The van der Waals surface area contributed by atoms with E-state index in [1.807, 2.05) is 0 Å². The van der Waals surface area contributed by atoms with Crippen LogP contribution in [0.25, 0.3) is 0 Å². The van der Waals surface area contributed by atoms with Crippen LogP contribution in [0.2, 0.25) is 0 Å². The Labute approximate surface area is 154 Å². The number of anilines is 1. The lowest BCUT2D eigenvalue weighted by atomic mass is 9.92. The van der Waals surface area contributed by atoms with Crippen molar-refractivity contribution in [2.24, 2.45) is 0 Å². The van der Waals surface area contributed by atoms with E-state index in [0.29, 0.717) is 11.3 Å². The van der Waals surface area contributed by atoms with Crippen LogP contribution in [0.4, 0.5) is 16.2 Å². The van der Waals surface area contributed by atoms with Crippen molar-refractivity contribution in [2.45, 2.75) is 12.5 Å². The van der Waals surface area contributed by atoms with Gasteiger partial charge in [0.05, 0.1) is 4.92 Å². The molecule has 9 nitrogen and oxygen atoms in total. The number of carbonyl (C=O) groups is 3. The summed E-state index contributed by atoms with van der Waals surface area (Å²) in [5.41, 5.74) is -0.419. The molecule has 1 aliphatic heterocycles. The fraction of sp³-hybridized carbons (Fsp3) is 0.167. The van der Waals surface area contributed by atoms with Gasteiger partial charge >= 0.3 is 6.03 Å². The molecule has 4 amide bonds. The Kier molecular flexibility index (Phi) is 4.59. The van der Waals surface area contributed by atoms with Crippen molar-refractivity contribution in [1.29, 1.82) is 0 Å². The molecule has 138 valence electrons. The molecular weight excluding hydrogens is 352 g/mol. The lowest BCUT2D eigenvalue weighted by Gasteiger charge is -2.22. The number of amides is 4. The van der Waals surface area contributed by atoms with Crippen molar-refractivity contribution in [3.63, 3.8) is 0 Å². The molecule has 2 N–H and O–H groups in total. The van der Waals surface area contributed by atoms with E-state index in [0.717, 1.165) is 4.90 Å². The molecule has 0 unspecified atom stereocenters. The van der Waals surface area contributed by atoms with E-state index in [4.69, 9.17) is 0 Å². The lowest BCUT2D eigenvalue weighted by Crippen LogP contribution is -2.42. The molecule has 3 rings (SSSR count). The number of rotatable bonds is 5. The van der Waals surface area contributed by atoms with E-state index in [2.05, 4.69) is 10.6 Å². The number of hydrogen-bond acceptors (Lipinski definition) is 5. The minimum absolute atomic E-state index is 0.110. The van der Waals surface area contributed by atoms with E-state index in [-0.39, 0.29) is 5.69 Å². The van der Waals surface area contributed by atoms with Crippen molar-refractivity contribution in [2.75, 3.05) is 11.9 Å². The maximum atomic E-state index is 12.7. The van der Waals surface area contributed by atoms with E-state index in [1.165, 1.54) is 24.3 Å². The number of imide groups is 1. The molecule has 0 spiro atoms. The first-order valence-electron chi connectivity index (χ1n) is 8.05. The van der Waals surface area contributed by atoms with Crippen molar-refractivity contribution in [3.05, 3.63) is 70.3 Å². The van der Waals surface area contributed by atoms with Gasteiger partial charge in [-0.1, -0.05) is 30.3 Å². The standard InChI is InChI=1S/C18H16N4O5/c1-18(12-5-3-2-4-6-12)16(24)21(17(25)20-18)11-15(23)19-13-7-9-14(10-8-13)22(26)27/h2-10H,11H2,1H3,(H,19,23)(H,20,25)/t18-/m0/s1. The van der Waals surface area contributed by atoms with Gasteiger partial charge < -0.3 is 10.6 Å². The van der Waals surface area contributed by atoms with Gasteiger partial charge in [0.25, 0.3) is 11.6 Å². The van der Waals surface area contributed by atoms with Crippen molar-refractivity contribution in [1.82, 2.24) is 10.2 Å². The summed E-state index contributed by atoms with van der Waals surface area (Å²) in [5.74, 6) is -1.12. The molecule has 0 bridgehead atoms. The maximum Gasteiger partial charge on any atom is 0.325 e. The molecule has 27 heavy (non-hydrogen) atoms. The van der Waals surface area contributed by atoms with E-state index < -0.39 is 34.9 Å². The van der Waals surface area contributed by atoms with Gasteiger partial charge in [0, 0.05) is 17.8 Å². The monoisotopic (exact) mass is 368 g/mol. The average molecular weight is 368 g/mol. The summed E-state index contributed by atoms with van der Waals surface area (Å²) < 4.78 is 0. The number of non-ortho nitro benzene ring substituents is 1. The summed E-state index contributed by atoms with van der Waals surface area (Å²) in [4.78, 5) is 48.1. The maximum absolute atomic E-state index is 12.7. The Morgan fingerprint density at radius 1 is 1.15 bits per heavy atom. The fourth-order valence-electron chi connectivity index (χ4n) is 2.82. The van der Waals surface area contributed by atoms with Crippen molar-refractivity contribution >= 4 is 29.2 Å². The van der Waals surface area contributed by atoms with Gasteiger partial charge in [-0.2, -0.15) is 0 Å². The second-order valence-electron chi connectivity index (χ2n) is 6.16. The summed E-state index contributed by atoms with van der Waals surface area (Å²) in [6.07, 6.45) is 0. The SMILES string of the molecule is C[C@@]1(c2ccccc2)NC(=O)N(CC(=O)Nc2ccc([N+](=O)[O-])cc2)C1=O. The summed E-state index contributed by atoms with van der Waals surface area (Å²) in [7, 11) is 0. The Balaban J connectivity index is 1.70. The van der Waals surface area contributed by atoms with Crippen LogP contribution in [0.5, 0.6) is 0 Å². The van der Waals surface area contributed by atoms with Gasteiger partial charge in [0.15, 0.2) is 0 Å². The Bertz CT molecular complexity index is 913. The van der Waals surface area contributed by atoms with Gasteiger partial charge in [-0.15, -0.1) is 0 Å². The predicted molar refractivity (Wildman–Crippen MR) is 95.8 cm³/mol. The number of carbonyl (C=O) groups excluding carboxylic acids is 3. The third kappa shape index (κ3) is 3.47. The Morgan fingerprint density at radius 2 is 1.78 bits per heavy atom. The molecule has 1 atom stereocenters. The highest BCUT2D eigenvalue weighted by Crippen LogP contribution is 2.28. The van der Waals surface area contributed by atoms with Crippen LogP contribution >= 0.6 is 0 Å². The molecule has 0 aliphatic carbocycles. The molecule has 0 radical (unpaired) electrons. The van der Waals surface area contributed by atoms with Crippen molar-refractivity contribution in [3.8, 4) is 0 Å². The lowest BCUT2D eigenvalue weighted by molar-refractivity contribution is -0.384. The van der Waals surface area contributed by atoms with Crippen LogP contribution in [-0.4, -0.2) is 34.2 Å². The molecule has 1 aliphatic rings. The average Bonchev–Trinajstić information content (AvgIpc) is 2.87. The van der Waals surface area contributed by atoms with Gasteiger partial charge in [0.2, 0.25) is 5.91 Å². The summed E-state index contributed by atoms with van der Waals surface area (Å²) >= 11 is 0. The highest BCUT2D eigenvalue weighted by atomic mass is 16.6. The third-order valence-electron chi connectivity index (χ3n) is 4.29. The largest absolute Gasteiger partial charge is 0.325 e. The Hall–Kier alpha value is -3.75. The summed E-state index contributed by atoms with van der Waals surface area (Å²) in [5, 5.41) is 15.8. The van der Waals surface area contributed by atoms with Crippen molar-refractivity contribution < 1.29 is 19.3 Å². The number of nitrogens with zero attached hydrogens (tertiary/aromatic N) is 2. The summed E-state index contributed by atoms with van der Waals surface area (Å²) in [6, 6.07) is 13.3. The predicted octanol–water partition coefficient (Wildman–Crippen LogP) is 2.00. The molecule has 1 saturated heterocycles. The minimum Gasteiger partial charge on any atom is -0.325 e. The molecule has 1 fully saturated rings.